The van der Waals surface area contributed by atoms with Gasteiger partial charge in [0, 0.05) is 5.41 Å². The van der Waals surface area contributed by atoms with E-state index in [2.05, 4.69) is 31.0 Å². The highest BCUT2D eigenvalue weighted by Crippen LogP contribution is 2.40. The van der Waals surface area contributed by atoms with Crippen LogP contribution >= 0.6 is 11.3 Å². The Morgan fingerprint density at radius 2 is 1.89 bits per heavy atom. The van der Waals surface area contributed by atoms with E-state index in [4.69, 9.17) is 5.11 Å². The molecule has 3 nitrogen and oxygen atoms in total. The first-order chi connectivity index (χ1) is 9.14. The van der Waals surface area contributed by atoms with Crippen LogP contribution < -0.4 is 0 Å². The van der Waals surface area contributed by atoms with Crippen molar-refractivity contribution in [1.29, 1.82) is 0 Å². The number of benzene rings is 1. The van der Waals surface area contributed by atoms with Crippen LogP contribution in [0, 0.1) is 0 Å². The lowest BCUT2D eigenvalue weighted by Gasteiger charge is -2.30. The molecule has 100 valence electrons. The fourth-order valence-corrected chi connectivity index (χ4v) is 3.54. The van der Waals surface area contributed by atoms with Crippen LogP contribution in [0.1, 0.15) is 46.9 Å². The van der Waals surface area contributed by atoms with Gasteiger partial charge in [0.1, 0.15) is 9.88 Å². The average Bonchev–Trinajstić information content (AvgIpc) is 2.93. The average molecular weight is 275 g/mol. The summed E-state index contributed by atoms with van der Waals surface area (Å²) < 4.78 is 0. The number of aromatic carboxylic acids is 1. The van der Waals surface area contributed by atoms with Gasteiger partial charge in [0.25, 0.3) is 0 Å². The maximum absolute atomic E-state index is 11.0. The van der Waals surface area contributed by atoms with E-state index < -0.39 is 5.97 Å². The third-order valence-electron chi connectivity index (χ3n) is 3.66. The second-order valence-electron chi connectivity index (χ2n) is 4.49. The van der Waals surface area contributed by atoms with Crippen molar-refractivity contribution in [3.63, 3.8) is 0 Å². The van der Waals surface area contributed by atoms with Gasteiger partial charge in [-0.05, 0) is 18.4 Å². The molecule has 0 aliphatic rings. The lowest BCUT2D eigenvalue weighted by atomic mass is 9.76. The van der Waals surface area contributed by atoms with Crippen molar-refractivity contribution in [1.82, 2.24) is 4.98 Å². The summed E-state index contributed by atoms with van der Waals surface area (Å²) in [5.74, 6) is -0.905. The Labute approximate surface area is 116 Å². The van der Waals surface area contributed by atoms with E-state index in [9.17, 15) is 4.79 Å². The number of aromatic nitrogens is 1. The van der Waals surface area contributed by atoms with Gasteiger partial charge in [0.05, 0.1) is 6.20 Å². The molecule has 0 aliphatic carbocycles. The first-order valence-corrected chi connectivity index (χ1v) is 7.20. The van der Waals surface area contributed by atoms with Crippen molar-refractivity contribution in [2.45, 2.75) is 32.1 Å². The van der Waals surface area contributed by atoms with E-state index in [1.807, 2.05) is 18.2 Å². The Hall–Kier alpha value is -1.68. The fraction of sp³-hybridized carbons (Fsp3) is 0.333. The van der Waals surface area contributed by atoms with Crippen molar-refractivity contribution >= 4 is 17.3 Å². The van der Waals surface area contributed by atoms with Crippen molar-refractivity contribution in [3.8, 4) is 0 Å². The zero-order valence-electron chi connectivity index (χ0n) is 11.1. The topological polar surface area (TPSA) is 50.2 Å². The molecular weight excluding hydrogens is 258 g/mol. The maximum atomic E-state index is 11.0. The van der Waals surface area contributed by atoms with Gasteiger partial charge in [-0.2, -0.15) is 0 Å². The van der Waals surface area contributed by atoms with Crippen LogP contribution in [-0.4, -0.2) is 16.1 Å². The van der Waals surface area contributed by atoms with E-state index in [1.165, 1.54) is 23.1 Å². The number of hydrogen-bond acceptors (Lipinski definition) is 3. The van der Waals surface area contributed by atoms with Gasteiger partial charge in [0.2, 0.25) is 0 Å². The molecule has 2 aromatic rings. The minimum Gasteiger partial charge on any atom is -0.477 e. The summed E-state index contributed by atoms with van der Waals surface area (Å²) in [4.78, 5) is 15.7. The molecule has 0 saturated heterocycles. The Morgan fingerprint density at radius 3 is 2.37 bits per heavy atom. The van der Waals surface area contributed by atoms with E-state index in [-0.39, 0.29) is 5.41 Å². The fourth-order valence-electron chi connectivity index (χ4n) is 2.44. The normalized spacial score (nSPS) is 11.5. The summed E-state index contributed by atoms with van der Waals surface area (Å²) in [6.07, 6.45) is 3.27. The largest absolute Gasteiger partial charge is 0.477 e. The predicted molar refractivity (Wildman–Crippen MR) is 76.9 cm³/mol. The van der Waals surface area contributed by atoms with Crippen LogP contribution in [0.25, 0.3) is 0 Å². The quantitative estimate of drug-likeness (QED) is 0.899. The van der Waals surface area contributed by atoms with Crippen molar-refractivity contribution in [2.24, 2.45) is 0 Å². The Bertz CT molecular complexity index is 559. The monoisotopic (exact) mass is 275 g/mol. The SMILES string of the molecule is CCC(CC)(c1ccccc1)c1ncc(C(=O)O)s1. The Balaban J connectivity index is 2.52. The third kappa shape index (κ3) is 2.40. The van der Waals surface area contributed by atoms with Gasteiger partial charge in [-0.1, -0.05) is 44.2 Å². The number of rotatable bonds is 5. The second kappa shape index (κ2) is 5.53. The highest BCUT2D eigenvalue weighted by molar-refractivity contribution is 7.13. The lowest BCUT2D eigenvalue weighted by molar-refractivity contribution is 0.0702. The van der Waals surface area contributed by atoms with Crippen LogP contribution in [0.5, 0.6) is 0 Å². The number of thiazole rings is 1. The number of carbonyl (C=O) groups is 1. The van der Waals surface area contributed by atoms with Crippen molar-refractivity contribution < 1.29 is 9.90 Å². The minimum absolute atomic E-state index is 0.181. The summed E-state index contributed by atoms with van der Waals surface area (Å²) in [7, 11) is 0. The predicted octanol–water partition coefficient (Wildman–Crippen LogP) is 3.95. The van der Waals surface area contributed by atoms with Gasteiger partial charge in [-0.25, -0.2) is 9.78 Å². The molecule has 1 aromatic carbocycles. The van der Waals surface area contributed by atoms with E-state index in [1.54, 1.807) is 0 Å². The van der Waals surface area contributed by atoms with E-state index in [0.717, 1.165) is 17.8 Å². The Kier molecular flexibility index (Phi) is 4.00. The number of nitrogens with zero attached hydrogens (tertiary/aromatic N) is 1. The maximum Gasteiger partial charge on any atom is 0.347 e. The van der Waals surface area contributed by atoms with Gasteiger partial charge in [0.15, 0.2) is 0 Å². The van der Waals surface area contributed by atoms with Crippen molar-refractivity contribution in [3.05, 3.63) is 52.0 Å². The number of carboxylic acid groups (broad SMARTS) is 1. The zero-order valence-corrected chi connectivity index (χ0v) is 11.9. The van der Waals surface area contributed by atoms with Crippen molar-refractivity contribution in [2.75, 3.05) is 0 Å². The smallest absolute Gasteiger partial charge is 0.347 e. The molecule has 0 amide bonds. The molecule has 2 rings (SSSR count). The third-order valence-corrected chi connectivity index (χ3v) is 4.85. The van der Waals surface area contributed by atoms with E-state index in [0.29, 0.717) is 4.88 Å². The zero-order chi connectivity index (χ0) is 13.9. The Morgan fingerprint density at radius 1 is 1.26 bits per heavy atom. The highest BCUT2D eigenvalue weighted by Gasteiger charge is 2.34. The molecule has 19 heavy (non-hydrogen) atoms. The molecule has 0 saturated carbocycles. The standard InChI is InChI=1S/C15H17NO2S/c1-3-15(4-2,11-8-6-5-7-9-11)14-16-10-12(19-14)13(17)18/h5-10H,3-4H2,1-2H3,(H,17,18). The lowest BCUT2D eigenvalue weighted by Crippen LogP contribution is -2.25. The molecular formula is C15H17NO2S. The molecule has 0 unspecified atom stereocenters. The van der Waals surface area contributed by atoms with Gasteiger partial charge in [-0.3, -0.25) is 0 Å². The molecule has 1 N–H and O–H groups in total. The van der Waals surface area contributed by atoms with Crippen LogP contribution in [0.2, 0.25) is 0 Å². The van der Waals surface area contributed by atoms with Crippen LogP contribution in [-0.2, 0) is 5.41 Å². The summed E-state index contributed by atoms with van der Waals surface area (Å²) in [6.45, 7) is 4.25. The second-order valence-corrected chi connectivity index (χ2v) is 5.52. The van der Waals surface area contributed by atoms with Gasteiger partial charge in [-0.15, -0.1) is 11.3 Å². The molecule has 0 atom stereocenters. The van der Waals surface area contributed by atoms with Crippen LogP contribution in [0.15, 0.2) is 36.5 Å². The molecule has 0 fully saturated rings. The molecule has 0 aliphatic heterocycles. The van der Waals surface area contributed by atoms with Crippen LogP contribution in [0.4, 0.5) is 0 Å². The first-order valence-electron chi connectivity index (χ1n) is 6.39. The number of carboxylic acids is 1. The summed E-state index contributed by atoms with van der Waals surface area (Å²) in [5.41, 5.74) is 1.02. The molecule has 0 radical (unpaired) electrons. The first kappa shape index (κ1) is 13.7. The van der Waals surface area contributed by atoms with E-state index >= 15 is 0 Å². The minimum atomic E-state index is -0.905. The molecule has 0 spiro atoms. The summed E-state index contributed by atoms with van der Waals surface area (Å²) in [5, 5.41) is 9.94. The van der Waals surface area contributed by atoms with Gasteiger partial charge < -0.3 is 5.11 Å². The van der Waals surface area contributed by atoms with Gasteiger partial charge >= 0.3 is 5.97 Å². The van der Waals surface area contributed by atoms with Crippen LogP contribution in [0.3, 0.4) is 0 Å². The summed E-state index contributed by atoms with van der Waals surface area (Å²) in [6, 6.07) is 10.2. The summed E-state index contributed by atoms with van der Waals surface area (Å²) >= 11 is 1.28. The highest BCUT2D eigenvalue weighted by atomic mass is 32.1. The molecule has 4 heteroatoms. The molecule has 1 aromatic heterocycles. The molecule has 1 heterocycles. The number of hydrogen-bond donors (Lipinski definition) is 1. The molecule has 0 bridgehead atoms.